The summed E-state index contributed by atoms with van der Waals surface area (Å²) in [6.45, 7) is -0.0377. The van der Waals surface area contributed by atoms with E-state index in [1.54, 1.807) is 36.4 Å². The van der Waals surface area contributed by atoms with E-state index in [0.29, 0.717) is 11.4 Å². The van der Waals surface area contributed by atoms with Gasteiger partial charge in [-0.25, -0.2) is 4.98 Å². The minimum absolute atomic E-state index is 0.0377. The number of carbonyl (C=O) groups excluding carboxylic acids is 2. The lowest BCUT2D eigenvalue weighted by molar-refractivity contribution is -0.115. The van der Waals surface area contributed by atoms with Crippen molar-refractivity contribution in [1.82, 2.24) is 4.98 Å². The number of hydrogen-bond donors (Lipinski definition) is 1. The quantitative estimate of drug-likeness (QED) is 0.819. The van der Waals surface area contributed by atoms with Crippen molar-refractivity contribution in [3.05, 3.63) is 53.3 Å². The Labute approximate surface area is 120 Å². The van der Waals surface area contributed by atoms with Gasteiger partial charge in [0, 0.05) is 0 Å². The molecule has 1 aromatic heterocycles. The molecule has 6 heteroatoms. The summed E-state index contributed by atoms with van der Waals surface area (Å²) in [7, 11) is 0. The van der Waals surface area contributed by atoms with E-state index in [-0.39, 0.29) is 29.2 Å². The Kier molecular flexibility index (Phi) is 3.12. The van der Waals surface area contributed by atoms with Crippen molar-refractivity contribution in [1.29, 1.82) is 0 Å². The molecule has 5 nitrogen and oxygen atoms in total. The van der Waals surface area contributed by atoms with Gasteiger partial charge < -0.3 is 5.32 Å². The number of aromatic nitrogens is 1. The molecular weight excluding hydrogens is 278 g/mol. The van der Waals surface area contributed by atoms with Crippen LogP contribution in [0.5, 0.6) is 0 Å². The Balaban J connectivity index is 2.02. The van der Waals surface area contributed by atoms with E-state index < -0.39 is 0 Å². The lowest BCUT2D eigenvalue weighted by Gasteiger charge is -2.28. The van der Waals surface area contributed by atoms with Crippen molar-refractivity contribution >= 4 is 34.8 Å². The Bertz CT molecular complexity index is 702. The first-order chi connectivity index (χ1) is 9.65. The molecule has 2 aromatic rings. The number of para-hydroxylation sites is 2. The Morgan fingerprint density at radius 3 is 2.80 bits per heavy atom. The number of nitrogens with zero attached hydrogens (tertiary/aromatic N) is 2. The zero-order valence-electron chi connectivity index (χ0n) is 10.3. The van der Waals surface area contributed by atoms with Gasteiger partial charge in [-0.1, -0.05) is 29.8 Å². The number of pyridine rings is 1. The summed E-state index contributed by atoms with van der Waals surface area (Å²) < 4.78 is 0. The summed E-state index contributed by atoms with van der Waals surface area (Å²) in [5.41, 5.74) is 1.47. The topological polar surface area (TPSA) is 62.3 Å². The highest BCUT2D eigenvalue weighted by Crippen LogP contribution is 2.29. The van der Waals surface area contributed by atoms with Crippen LogP contribution < -0.4 is 10.2 Å². The molecule has 1 aliphatic rings. The average Bonchev–Trinajstić information content (AvgIpc) is 2.45. The maximum atomic E-state index is 12.5. The molecule has 20 heavy (non-hydrogen) atoms. The van der Waals surface area contributed by atoms with Gasteiger partial charge in [0.2, 0.25) is 5.91 Å². The van der Waals surface area contributed by atoms with Gasteiger partial charge >= 0.3 is 0 Å². The van der Waals surface area contributed by atoms with Gasteiger partial charge in [0.25, 0.3) is 5.91 Å². The van der Waals surface area contributed by atoms with Crippen molar-refractivity contribution in [3.63, 3.8) is 0 Å². The normalized spacial score (nSPS) is 13.7. The van der Waals surface area contributed by atoms with Crippen molar-refractivity contribution in [3.8, 4) is 0 Å². The molecule has 0 saturated carbocycles. The number of amides is 2. The summed E-state index contributed by atoms with van der Waals surface area (Å²) in [6, 6.07) is 11.9. The lowest BCUT2D eigenvalue weighted by atomic mass is 10.1. The van der Waals surface area contributed by atoms with Crippen molar-refractivity contribution in [2.45, 2.75) is 0 Å². The van der Waals surface area contributed by atoms with Crippen LogP contribution in [0.25, 0.3) is 0 Å². The fourth-order valence-electron chi connectivity index (χ4n) is 2.08. The maximum absolute atomic E-state index is 12.5. The van der Waals surface area contributed by atoms with E-state index in [0.717, 1.165) is 0 Å². The molecule has 0 atom stereocenters. The van der Waals surface area contributed by atoms with Crippen LogP contribution in [0, 0.1) is 0 Å². The van der Waals surface area contributed by atoms with E-state index in [2.05, 4.69) is 10.3 Å². The maximum Gasteiger partial charge on any atom is 0.277 e. The molecule has 2 amide bonds. The van der Waals surface area contributed by atoms with Crippen LogP contribution in [0.4, 0.5) is 11.4 Å². The van der Waals surface area contributed by atoms with Gasteiger partial charge in [-0.05, 0) is 24.3 Å². The van der Waals surface area contributed by atoms with Crippen LogP contribution in [0.2, 0.25) is 5.15 Å². The minimum atomic E-state index is -0.352. The van der Waals surface area contributed by atoms with Crippen LogP contribution in [-0.2, 0) is 4.79 Å². The van der Waals surface area contributed by atoms with Gasteiger partial charge in [-0.3, -0.25) is 14.5 Å². The molecule has 0 unspecified atom stereocenters. The number of hydrogen-bond acceptors (Lipinski definition) is 3. The highest BCUT2D eigenvalue weighted by atomic mass is 35.5. The molecule has 2 heterocycles. The molecule has 0 radical (unpaired) electrons. The third kappa shape index (κ3) is 2.23. The molecule has 0 aliphatic carbocycles. The van der Waals surface area contributed by atoms with E-state index in [9.17, 15) is 9.59 Å². The van der Waals surface area contributed by atoms with Gasteiger partial charge in [0.05, 0.1) is 11.4 Å². The fraction of sp³-hybridized carbons (Fsp3) is 0.0714. The van der Waals surface area contributed by atoms with Crippen LogP contribution in [0.15, 0.2) is 42.5 Å². The number of nitrogens with one attached hydrogen (secondary N) is 1. The number of anilines is 2. The number of fused-ring (bicyclic) bond motifs is 1. The minimum Gasteiger partial charge on any atom is -0.323 e. The Morgan fingerprint density at radius 2 is 2.00 bits per heavy atom. The van der Waals surface area contributed by atoms with E-state index >= 15 is 0 Å². The SMILES string of the molecule is O=C1CN(C(=O)c2cccc(Cl)n2)c2ccccc2N1. The molecule has 100 valence electrons. The second kappa shape index (κ2) is 4.94. The summed E-state index contributed by atoms with van der Waals surface area (Å²) >= 11 is 5.80. The van der Waals surface area contributed by atoms with E-state index in [1.165, 1.54) is 4.90 Å². The zero-order valence-corrected chi connectivity index (χ0v) is 11.1. The van der Waals surface area contributed by atoms with Crippen LogP contribution in [0.3, 0.4) is 0 Å². The number of halogens is 1. The van der Waals surface area contributed by atoms with E-state index in [1.807, 2.05) is 6.07 Å². The molecule has 3 rings (SSSR count). The van der Waals surface area contributed by atoms with Gasteiger partial charge in [0.1, 0.15) is 17.4 Å². The van der Waals surface area contributed by atoms with Crippen LogP contribution in [-0.4, -0.2) is 23.3 Å². The smallest absolute Gasteiger partial charge is 0.277 e. The molecule has 1 N–H and O–H groups in total. The monoisotopic (exact) mass is 287 g/mol. The van der Waals surface area contributed by atoms with Crippen molar-refractivity contribution in [2.24, 2.45) is 0 Å². The number of rotatable bonds is 1. The predicted octanol–water partition coefficient (Wildman–Crippen LogP) is 2.33. The third-order valence-electron chi connectivity index (χ3n) is 2.95. The van der Waals surface area contributed by atoms with Crippen LogP contribution in [0.1, 0.15) is 10.5 Å². The Morgan fingerprint density at radius 1 is 1.20 bits per heavy atom. The van der Waals surface area contributed by atoms with Gasteiger partial charge in [-0.2, -0.15) is 0 Å². The van der Waals surface area contributed by atoms with Gasteiger partial charge in [0.15, 0.2) is 0 Å². The zero-order chi connectivity index (χ0) is 14.1. The Hall–Kier alpha value is -2.40. The van der Waals surface area contributed by atoms with Gasteiger partial charge in [-0.15, -0.1) is 0 Å². The van der Waals surface area contributed by atoms with Crippen LogP contribution >= 0.6 is 11.6 Å². The molecule has 1 aromatic carbocycles. The lowest BCUT2D eigenvalue weighted by Crippen LogP contribution is -2.42. The summed E-state index contributed by atoms with van der Waals surface area (Å²) in [6.07, 6.45) is 0. The van der Waals surface area contributed by atoms with Crippen molar-refractivity contribution in [2.75, 3.05) is 16.8 Å². The average molecular weight is 288 g/mol. The third-order valence-corrected chi connectivity index (χ3v) is 3.16. The molecule has 0 fully saturated rings. The second-order valence-electron chi connectivity index (χ2n) is 4.30. The summed E-state index contributed by atoms with van der Waals surface area (Å²) in [5, 5.41) is 2.97. The molecule has 0 saturated heterocycles. The second-order valence-corrected chi connectivity index (χ2v) is 4.69. The first-order valence-electron chi connectivity index (χ1n) is 5.98. The van der Waals surface area contributed by atoms with Crippen molar-refractivity contribution < 1.29 is 9.59 Å². The predicted molar refractivity (Wildman–Crippen MR) is 76.0 cm³/mol. The largest absolute Gasteiger partial charge is 0.323 e. The molecule has 0 spiro atoms. The standard InChI is InChI=1S/C14H10ClN3O2/c15-12-7-3-5-10(16-12)14(20)18-8-13(19)17-9-4-1-2-6-11(9)18/h1-7H,8H2,(H,17,19). The highest BCUT2D eigenvalue weighted by molar-refractivity contribution is 6.29. The summed E-state index contributed by atoms with van der Waals surface area (Å²) in [5.74, 6) is -0.589. The number of carbonyl (C=O) groups is 2. The molecular formula is C14H10ClN3O2. The molecule has 0 bridgehead atoms. The first kappa shape index (κ1) is 12.6. The fourth-order valence-corrected chi connectivity index (χ4v) is 2.24. The highest BCUT2D eigenvalue weighted by Gasteiger charge is 2.28. The summed E-state index contributed by atoms with van der Waals surface area (Å²) in [4.78, 5) is 29.6. The molecule has 1 aliphatic heterocycles. The van der Waals surface area contributed by atoms with E-state index in [4.69, 9.17) is 11.6 Å². The number of benzene rings is 1. The first-order valence-corrected chi connectivity index (χ1v) is 6.36.